The minimum absolute atomic E-state index is 0.302. The third kappa shape index (κ3) is 3.71. The summed E-state index contributed by atoms with van der Waals surface area (Å²) in [4.78, 5) is 27.9. The van der Waals surface area contributed by atoms with Gasteiger partial charge in [-0.05, 0) is 42.5 Å². The molecule has 1 aliphatic rings. The number of methoxy groups -OCH3 is 1. The van der Waals surface area contributed by atoms with Gasteiger partial charge in [-0.3, -0.25) is 9.59 Å². The molecule has 2 amide bonds. The van der Waals surface area contributed by atoms with Crippen LogP contribution in [-0.4, -0.2) is 31.3 Å². The monoisotopic (exact) mass is 383 g/mol. The van der Waals surface area contributed by atoms with Gasteiger partial charge in [-0.25, -0.2) is 4.90 Å². The third-order valence-corrected chi connectivity index (χ3v) is 5.05. The molecule has 5 nitrogen and oxygen atoms in total. The van der Waals surface area contributed by atoms with Crippen LogP contribution in [0.4, 0.5) is 5.69 Å². The number of amides is 2. The minimum atomic E-state index is -0.326. The molecular formula is C21H21NO4S. The van der Waals surface area contributed by atoms with Crippen LogP contribution in [0.25, 0.3) is 5.57 Å². The van der Waals surface area contributed by atoms with Crippen LogP contribution in [0.3, 0.4) is 0 Å². The van der Waals surface area contributed by atoms with E-state index in [0.717, 1.165) is 5.75 Å². The number of carbonyl (C=O) groups excluding carboxylic acids is 2. The topological polar surface area (TPSA) is 55.8 Å². The average Bonchev–Trinajstić information content (AvgIpc) is 2.93. The van der Waals surface area contributed by atoms with Gasteiger partial charge in [0.25, 0.3) is 11.8 Å². The van der Waals surface area contributed by atoms with Crippen LogP contribution in [0.2, 0.25) is 0 Å². The number of ether oxygens (including phenoxy) is 2. The molecule has 3 rings (SSSR count). The van der Waals surface area contributed by atoms with Gasteiger partial charge in [0.15, 0.2) is 0 Å². The molecule has 6 heteroatoms. The smallest absolute Gasteiger partial charge is 0.272 e. The van der Waals surface area contributed by atoms with Crippen LogP contribution in [0.1, 0.15) is 19.4 Å². The predicted octanol–water partition coefficient (Wildman–Crippen LogP) is 4.13. The van der Waals surface area contributed by atoms with Gasteiger partial charge >= 0.3 is 0 Å². The van der Waals surface area contributed by atoms with Crippen molar-refractivity contribution in [3.63, 3.8) is 0 Å². The summed E-state index contributed by atoms with van der Waals surface area (Å²) < 4.78 is 10.7. The molecule has 27 heavy (non-hydrogen) atoms. The minimum Gasteiger partial charge on any atom is -0.497 e. The molecular weight excluding hydrogens is 362 g/mol. The van der Waals surface area contributed by atoms with Gasteiger partial charge in [-0.1, -0.05) is 25.1 Å². The first-order chi connectivity index (χ1) is 13.1. The molecule has 0 atom stereocenters. The molecule has 1 heterocycles. The van der Waals surface area contributed by atoms with Crippen LogP contribution in [0.5, 0.6) is 11.5 Å². The number of carbonyl (C=O) groups is 2. The van der Waals surface area contributed by atoms with Crippen LogP contribution in [-0.2, 0) is 9.59 Å². The van der Waals surface area contributed by atoms with Crippen LogP contribution in [0, 0.1) is 0 Å². The maximum absolute atomic E-state index is 13.2. The van der Waals surface area contributed by atoms with E-state index in [-0.39, 0.29) is 11.8 Å². The number of anilines is 1. The number of imide groups is 1. The van der Waals surface area contributed by atoms with Gasteiger partial charge in [-0.15, -0.1) is 11.8 Å². The van der Waals surface area contributed by atoms with Gasteiger partial charge in [0, 0.05) is 6.07 Å². The second-order valence-corrected chi connectivity index (χ2v) is 7.02. The van der Waals surface area contributed by atoms with Crippen molar-refractivity contribution in [2.75, 3.05) is 24.4 Å². The summed E-state index contributed by atoms with van der Waals surface area (Å²) in [5.41, 5.74) is 1.63. The molecule has 0 saturated heterocycles. The van der Waals surface area contributed by atoms with E-state index >= 15 is 0 Å². The zero-order chi connectivity index (χ0) is 19.4. The molecule has 0 aliphatic carbocycles. The lowest BCUT2D eigenvalue weighted by molar-refractivity contribution is -0.119. The number of benzene rings is 2. The molecule has 0 unspecified atom stereocenters. The summed E-state index contributed by atoms with van der Waals surface area (Å²) in [6.45, 7) is 4.44. The highest BCUT2D eigenvalue weighted by Gasteiger charge is 2.40. The first-order valence-electron chi connectivity index (χ1n) is 8.73. The molecule has 0 spiro atoms. The molecule has 0 aromatic heterocycles. The molecule has 0 saturated carbocycles. The van der Waals surface area contributed by atoms with Crippen LogP contribution >= 0.6 is 11.8 Å². The highest BCUT2D eigenvalue weighted by Crippen LogP contribution is 2.39. The molecule has 0 bridgehead atoms. The number of thioether (sulfide) groups is 1. The zero-order valence-corrected chi connectivity index (χ0v) is 16.3. The Kier molecular flexibility index (Phi) is 5.86. The van der Waals surface area contributed by atoms with Crippen molar-refractivity contribution in [2.45, 2.75) is 13.8 Å². The Balaban J connectivity index is 2.02. The van der Waals surface area contributed by atoms with Crippen molar-refractivity contribution >= 4 is 34.8 Å². The molecule has 0 fully saturated rings. The average molecular weight is 383 g/mol. The van der Waals surface area contributed by atoms with Gasteiger partial charge < -0.3 is 9.47 Å². The van der Waals surface area contributed by atoms with Crippen molar-refractivity contribution in [3.05, 3.63) is 59.0 Å². The lowest BCUT2D eigenvalue weighted by Crippen LogP contribution is -2.31. The first-order valence-corrected chi connectivity index (χ1v) is 9.72. The standard InChI is InChI=1S/C21H21NO4S/c1-4-26-16-11-9-14(10-12-16)18-19(27-5-2)21(24)22(20(18)23)15-7-6-8-17(13-15)25-3/h6-13H,4-5H2,1-3H3. The van der Waals surface area contributed by atoms with Crippen molar-refractivity contribution in [2.24, 2.45) is 0 Å². The number of hydrogen-bond acceptors (Lipinski definition) is 5. The van der Waals surface area contributed by atoms with E-state index < -0.39 is 0 Å². The maximum atomic E-state index is 13.2. The fourth-order valence-corrected chi connectivity index (χ4v) is 3.76. The Morgan fingerprint density at radius 1 is 0.963 bits per heavy atom. The summed E-state index contributed by atoms with van der Waals surface area (Å²) >= 11 is 1.38. The van der Waals surface area contributed by atoms with Crippen molar-refractivity contribution < 1.29 is 19.1 Å². The van der Waals surface area contributed by atoms with E-state index in [2.05, 4.69) is 0 Å². The summed E-state index contributed by atoms with van der Waals surface area (Å²) in [7, 11) is 1.55. The number of nitrogens with zero attached hydrogens (tertiary/aromatic N) is 1. The Hall–Kier alpha value is -2.73. The number of hydrogen-bond donors (Lipinski definition) is 0. The van der Waals surface area contributed by atoms with Gasteiger partial charge in [-0.2, -0.15) is 0 Å². The fraction of sp³-hybridized carbons (Fsp3) is 0.238. The summed E-state index contributed by atoms with van der Waals surface area (Å²) in [5, 5.41) is 0. The molecule has 2 aromatic rings. The van der Waals surface area contributed by atoms with E-state index in [1.54, 1.807) is 31.4 Å². The molecule has 0 radical (unpaired) electrons. The van der Waals surface area contributed by atoms with Crippen molar-refractivity contribution in [3.8, 4) is 11.5 Å². The van der Waals surface area contributed by atoms with Crippen molar-refractivity contribution in [1.29, 1.82) is 0 Å². The summed E-state index contributed by atoms with van der Waals surface area (Å²) in [5.74, 6) is 1.39. The normalized spacial score (nSPS) is 14.1. The van der Waals surface area contributed by atoms with Gasteiger partial charge in [0.1, 0.15) is 11.5 Å². The Labute approximate surface area is 163 Å². The molecule has 0 N–H and O–H groups in total. The number of rotatable bonds is 7. The Morgan fingerprint density at radius 3 is 2.33 bits per heavy atom. The Morgan fingerprint density at radius 2 is 1.70 bits per heavy atom. The van der Waals surface area contributed by atoms with Crippen molar-refractivity contribution in [1.82, 2.24) is 0 Å². The largest absolute Gasteiger partial charge is 0.497 e. The maximum Gasteiger partial charge on any atom is 0.272 e. The highest BCUT2D eigenvalue weighted by atomic mass is 32.2. The van der Waals surface area contributed by atoms with E-state index in [1.165, 1.54) is 16.7 Å². The van der Waals surface area contributed by atoms with Crippen LogP contribution < -0.4 is 14.4 Å². The van der Waals surface area contributed by atoms with Gasteiger partial charge in [0.2, 0.25) is 0 Å². The molecule has 140 valence electrons. The SMILES string of the molecule is CCOc1ccc(C2=C(SCC)C(=O)N(c3cccc(OC)c3)C2=O)cc1. The Bertz CT molecular complexity index is 889. The van der Waals surface area contributed by atoms with Crippen LogP contribution in [0.15, 0.2) is 53.4 Å². The van der Waals surface area contributed by atoms with E-state index in [1.807, 2.05) is 38.1 Å². The fourth-order valence-electron chi connectivity index (χ4n) is 2.91. The lowest BCUT2D eigenvalue weighted by atomic mass is 10.1. The zero-order valence-electron chi connectivity index (χ0n) is 15.5. The van der Waals surface area contributed by atoms with E-state index in [0.29, 0.717) is 39.8 Å². The molecule has 1 aliphatic heterocycles. The second kappa shape index (κ2) is 8.31. The first kappa shape index (κ1) is 19.0. The van der Waals surface area contributed by atoms with E-state index in [9.17, 15) is 9.59 Å². The summed E-state index contributed by atoms with van der Waals surface area (Å²) in [6.07, 6.45) is 0. The lowest BCUT2D eigenvalue weighted by Gasteiger charge is -2.16. The quantitative estimate of drug-likeness (QED) is 0.673. The van der Waals surface area contributed by atoms with Gasteiger partial charge in [0.05, 0.1) is 29.9 Å². The third-order valence-electron chi connectivity index (χ3n) is 4.10. The predicted molar refractivity (Wildman–Crippen MR) is 108 cm³/mol. The highest BCUT2D eigenvalue weighted by molar-refractivity contribution is 8.04. The second-order valence-electron chi connectivity index (χ2n) is 5.74. The van der Waals surface area contributed by atoms with E-state index in [4.69, 9.17) is 9.47 Å². The summed E-state index contributed by atoms with van der Waals surface area (Å²) in [6, 6.07) is 14.2. The molecule has 2 aromatic carbocycles.